The monoisotopic (exact) mass is 247 g/mol. The highest BCUT2D eigenvalue weighted by Gasteiger charge is 2.24. The summed E-state index contributed by atoms with van der Waals surface area (Å²) in [5, 5.41) is 2.76. The summed E-state index contributed by atoms with van der Waals surface area (Å²) in [4.78, 5) is 25.2. The van der Waals surface area contributed by atoms with E-state index in [9.17, 15) is 9.59 Å². The van der Waals surface area contributed by atoms with Crippen molar-refractivity contribution in [2.45, 2.75) is 13.0 Å². The molecule has 0 atom stereocenters. The predicted molar refractivity (Wildman–Crippen MR) is 69.5 cm³/mol. The van der Waals surface area contributed by atoms with E-state index >= 15 is 0 Å². The molecular weight excluding hydrogens is 230 g/mol. The van der Waals surface area contributed by atoms with Crippen LogP contribution in [0.4, 0.5) is 5.69 Å². The standard InChI is InChI=1S/C13H17N3O2/c1-9(17)11-4-2-3-5-12(11)15-13(18)8-16-6-10(14)7-16/h2-5,10H,6-8,14H2,1H3,(H,15,18). The molecule has 5 nitrogen and oxygen atoms in total. The first kappa shape index (κ1) is 12.7. The molecule has 2 rings (SSSR count). The molecule has 0 aromatic heterocycles. The summed E-state index contributed by atoms with van der Waals surface area (Å²) in [6, 6.07) is 7.19. The highest BCUT2D eigenvalue weighted by molar-refractivity contribution is 6.04. The van der Waals surface area contributed by atoms with Gasteiger partial charge < -0.3 is 11.1 Å². The Kier molecular flexibility index (Phi) is 3.74. The second-order valence-electron chi connectivity index (χ2n) is 4.60. The highest BCUT2D eigenvalue weighted by atomic mass is 16.2. The number of nitrogens with two attached hydrogens (primary N) is 1. The van der Waals surface area contributed by atoms with E-state index in [1.54, 1.807) is 24.3 Å². The van der Waals surface area contributed by atoms with Crippen LogP contribution >= 0.6 is 0 Å². The lowest BCUT2D eigenvalue weighted by molar-refractivity contribution is -0.118. The van der Waals surface area contributed by atoms with Gasteiger partial charge in [-0.3, -0.25) is 14.5 Å². The minimum Gasteiger partial charge on any atom is -0.325 e. The summed E-state index contributed by atoms with van der Waals surface area (Å²) < 4.78 is 0. The molecule has 1 aliphatic heterocycles. The van der Waals surface area contributed by atoms with Crippen LogP contribution in [0.5, 0.6) is 0 Å². The van der Waals surface area contributed by atoms with Crippen LogP contribution in [-0.4, -0.2) is 42.3 Å². The lowest BCUT2D eigenvalue weighted by atomic mass is 10.1. The SMILES string of the molecule is CC(=O)c1ccccc1NC(=O)CN1CC(N)C1. The van der Waals surface area contributed by atoms with Gasteiger partial charge in [0.25, 0.3) is 0 Å². The smallest absolute Gasteiger partial charge is 0.238 e. The maximum Gasteiger partial charge on any atom is 0.238 e. The van der Waals surface area contributed by atoms with Crippen molar-refractivity contribution in [2.75, 3.05) is 25.0 Å². The Hall–Kier alpha value is -1.72. The van der Waals surface area contributed by atoms with E-state index in [1.165, 1.54) is 6.92 Å². The minimum absolute atomic E-state index is 0.0585. The average Bonchev–Trinajstić information content (AvgIpc) is 2.27. The number of nitrogens with zero attached hydrogens (tertiary/aromatic N) is 1. The first-order valence-electron chi connectivity index (χ1n) is 5.94. The molecule has 1 aliphatic rings. The van der Waals surface area contributed by atoms with Gasteiger partial charge in [0.05, 0.1) is 12.2 Å². The van der Waals surface area contributed by atoms with Gasteiger partial charge in [-0.15, -0.1) is 0 Å². The Bertz CT molecular complexity index is 467. The van der Waals surface area contributed by atoms with E-state index in [4.69, 9.17) is 5.73 Å². The number of anilines is 1. The van der Waals surface area contributed by atoms with Gasteiger partial charge in [0.2, 0.25) is 5.91 Å². The molecule has 1 amide bonds. The van der Waals surface area contributed by atoms with Crippen molar-refractivity contribution in [3.8, 4) is 0 Å². The molecule has 1 saturated heterocycles. The third-order valence-electron chi connectivity index (χ3n) is 2.93. The van der Waals surface area contributed by atoms with Gasteiger partial charge in [-0.25, -0.2) is 0 Å². The Morgan fingerprint density at radius 2 is 2.06 bits per heavy atom. The molecule has 18 heavy (non-hydrogen) atoms. The molecule has 96 valence electrons. The molecule has 1 heterocycles. The zero-order valence-electron chi connectivity index (χ0n) is 10.3. The maximum absolute atomic E-state index is 11.8. The van der Waals surface area contributed by atoms with Crippen LogP contribution in [0, 0.1) is 0 Å². The van der Waals surface area contributed by atoms with Crippen LogP contribution in [0.1, 0.15) is 17.3 Å². The number of ketones is 1. The molecule has 0 aliphatic carbocycles. The third-order valence-corrected chi connectivity index (χ3v) is 2.93. The van der Waals surface area contributed by atoms with E-state index in [0.717, 1.165) is 13.1 Å². The number of nitrogens with one attached hydrogen (secondary N) is 1. The van der Waals surface area contributed by atoms with Crippen LogP contribution in [-0.2, 0) is 4.79 Å². The lowest BCUT2D eigenvalue weighted by Crippen LogP contribution is -2.57. The van der Waals surface area contributed by atoms with E-state index in [1.807, 2.05) is 4.90 Å². The van der Waals surface area contributed by atoms with E-state index in [0.29, 0.717) is 17.8 Å². The van der Waals surface area contributed by atoms with Gasteiger partial charge in [0.1, 0.15) is 0 Å². The third kappa shape index (κ3) is 2.94. The first-order chi connectivity index (χ1) is 8.56. The van der Waals surface area contributed by atoms with E-state index in [-0.39, 0.29) is 17.7 Å². The normalized spacial score (nSPS) is 16.1. The number of hydrogen-bond acceptors (Lipinski definition) is 4. The highest BCUT2D eigenvalue weighted by Crippen LogP contribution is 2.15. The van der Waals surface area contributed by atoms with Crippen molar-refractivity contribution < 1.29 is 9.59 Å². The Morgan fingerprint density at radius 1 is 1.39 bits per heavy atom. The Balaban J connectivity index is 1.96. The topological polar surface area (TPSA) is 75.4 Å². The first-order valence-corrected chi connectivity index (χ1v) is 5.94. The molecular formula is C13H17N3O2. The molecule has 1 aromatic carbocycles. The number of rotatable bonds is 4. The van der Waals surface area contributed by atoms with Gasteiger partial charge in [-0.2, -0.15) is 0 Å². The van der Waals surface area contributed by atoms with Crippen LogP contribution in [0.25, 0.3) is 0 Å². The molecule has 0 unspecified atom stereocenters. The predicted octanol–water partition coefficient (Wildman–Crippen LogP) is 0.471. The zero-order valence-corrected chi connectivity index (χ0v) is 10.3. The van der Waals surface area contributed by atoms with Crippen molar-refractivity contribution >= 4 is 17.4 Å². The van der Waals surface area contributed by atoms with Crippen molar-refractivity contribution in [3.05, 3.63) is 29.8 Å². The largest absolute Gasteiger partial charge is 0.325 e. The lowest BCUT2D eigenvalue weighted by Gasteiger charge is -2.36. The molecule has 5 heteroatoms. The van der Waals surface area contributed by atoms with Crippen LogP contribution in [0.3, 0.4) is 0 Å². The second kappa shape index (κ2) is 5.29. The fraction of sp³-hybridized carbons (Fsp3) is 0.385. The number of carbonyl (C=O) groups excluding carboxylic acids is 2. The number of carbonyl (C=O) groups is 2. The molecule has 1 fully saturated rings. The van der Waals surface area contributed by atoms with Gasteiger partial charge >= 0.3 is 0 Å². The van der Waals surface area contributed by atoms with Crippen molar-refractivity contribution in [3.63, 3.8) is 0 Å². The summed E-state index contributed by atoms with van der Waals surface area (Å²) in [7, 11) is 0. The molecule has 3 N–H and O–H groups in total. The fourth-order valence-electron chi connectivity index (χ4n) is 2.03. The number of Topliss-reactive ketones (excluding diaryl/α,β-unsaturated/α-hetero) is 1. The van der Waals surface area contributed by atoms with Crippen molar-refractivity contribution in [1.29, 1.82) is 0 Å². The summed E-state index contributed by atoms with van der Waals surface area (Å²) in [5.41, 5.74) is 6.75. The number of likely N-dealkylation sites (tertiary alicyclic amines) is 1. The quantitative estimate of drug-likeness (QED) is 0.758. The van der Waals surface area contributed by atoms with Crippen LogP contribution < -0.4 is 11.1 Å². The summed E-state index contributed by atoms with van der Waals surface area (Å²) in [6.07, 6.45) is 0. The van der Waals surface area contributed by atoms with Crippen LogP contribution in [0.2, 0.25) is 0 Å². The van der Waals surface area contributed by atoms with Crippen LogP contribution in [0.15, 0.2) is 24.3 Å². The number of hydrogen-bond donors (Lipinski definition) is 2. The second-order valence-corrected chi connectivity index (χ2v) is 4.60. The molecule has 0 bridgehead atoms. The Labute approximate surface area is 106 Å². The average molecular weight is 247 g/mol. The van der Waals surface area contributed by atoms with Crippen molar-refractivity contribution in [2.24, 2.45) is 5.73 Å². The van der Waals surface area contributed by atoms with Crippen molar-refractivity contribution in [1.82, 2.24) is 4.90 Å². The minimum atomic E-state index is -0.115. The number of amides is 1. The summed E-state index contributed by atoms with van der Waals surface area (Å²) >= 11 is 0. The van der Waals surface area contributed by atoms with Gasteiger partial charge in [0.15, 0.2) is 5.78 Å². The van der Waals surface area contributed by atoms with E-state index in [2.05, 4.69) is 5.32 Å². The molecule has 0 radical (unpaired) electrons. The summed E-state index contributed by atoms with van der Waals surface area (Å²) in [5.74, 6) is -0.174. The van der Waals surface area contributed by atoms with Gasteiger partial charge in [-0.1, -0.05) is 12.1 Å². The number of para-hydroxylation sites is 1. The number of benzene rings is 1. The van der Waals surface area contributed by atoms with E-state index < -0.39 is 0 Å². The molecule has 1 aromatic rings. The Morgan fingerprint density at radius 3 is 2.67 bits per heavy atom. The molecule has 0 saturated carbocycles. The fourth-order valence-corrected chi connectivity index (χ4v) is 2.03. The van der Waals surface area contributed by atoms with Gasteiger partial charge in [0, 0.05) is 24.7 Å². The summed E-state index contributed by atoms with van der Waals surface area (Å²) in [6.45, 7) is 3.31. The van der Waals surface area contributed by atoms with Gasteiger partial charge in [-0.05, 0) is 19.1 Å². The molecule has 0 spiro atoms. The maximum atomic E-state index is 11.8. The zero-order chi connectivity index (χ0) is 13.1.